The molecule has 0 unspecified atom stereocenters. The summed E-state index contributed by atoms with van der Waals surface area (Å²) in [6.07, 6.45) is 4.46. The number of fused-ring (bicyclic) bond motifs is 2. The molecule has 0 radical (unpaired) electrons. The molecule has 7 rings (SSSR count). The minimum absolute atomic E-state index is 0.156. The number of hydrogen-bond donors (Lipinski definition) is 0. The Morgan fingerprint density at radius 3 is 3.12 bits per heavy atom. The minimum atomic E-state index is 0.156. The Hall–Kier alpha value is -1.39. The second-order valence-corrected chi connectivity index (χ2v) is 9.17. The van der Waals surface area contributed by atoms with Crippen LogP contribution >= 0.6 is 0 Å². The molecular formula is C21H24N2O2. The number of carbonyl (C=O) groups is 1. The van der Waals surface area contributed by atoms with Crippen molar-refractivity contribution in [2.24, 2.45) is 17.8 Å². The monoisotopic (exact) mass is 336 g/mol. The highest BCUT2D eigenvalue weighted by Crippen LogP contribution is 2.66. The number of amides is 1. The van der Waals surface area contributed by atoms with E-state index < -0.39 is 0 Å². The summed E-state index contributed by atoms with van der Waals surface area (Å²) in [5.74, 6) is 2.34. The van der Waals surface area contributed by atoms with Gasteiger partial charge in [0, 0.05) is 36.2 Å². The van der Waals surface area contributed by atoms with Crippen molar-refractivity contribution in [3.63, 3.8) is 0 Å². The molecule has 4 heteroatoms. The summed E-state index contributed by atoms with van der Waals surface area (Å²) < 4.78 is 6.33. The van der Waals surface area contributed by atoms with E-state index in [1.807, 2.05) is 0 Å². The Balaban J connectivity index is 1.53. The second kappa shape index (κ2) is 4.29. The van der Waals surface area contributed by atoms with E-state index in [2.05, 4.69) is 34.1 Å². The third-order valence-corrected chi connectivity index (χ3v) is 8.64. The average molecular weight is 336 g/mol. The van der Waals surface area contributed by atoms with E-state index in [0.717, 1.165) is 18.4 Å². The summed E-state index contributed by atoms with van der Waals surface area (Å²) in [5, 5.41) is 0. The first-order chi connectivity index (χ1) is 12.3. The Bertz CT molecular complexity index is 794. The van der Waals surface area contributed by atoms with Gasteiger partial charge in [0.25, 0.3) is 0 Å². The zero-order valence-electron chi connectivity index (χ0n) is 14.4. The maximum Gasteiger partial charge on any atom is 0.229 e. The zero-order chi connectivity index (χ0) is 16.3. The largest absolute Gasteiger partial charge is 0.377 e. The lowest BCUT2D eigenvalue weighted by Crippen LogP contribution is -2.70. The van der Waals surface area contributed by atoms with Gasteiger partial charge in [0.15, 0.2) is 0 Å². The maximum absolute atomic E-state index is 13.2. The fourth-order valence-corrected chi connectivity index (χ4v) is 7.96. The number of nitrogens with zero attached hydrogens (tertiary/aromatic N) is 2. The molecule has 0 aromatic heterocycles. The molecule has 2 bridgehead atoms. The van der Waals surface area contributed by atoms with Crippen molar-refractivity contribution in [3.8, 4) is 0 Å². The van der Waals surface area contributed by atoms with Crippen LogP contribution in [-0.2, 0) is 14.9 Å². The number of ether oxygens (including phenoxy) is 1. The van der Waals surface area contributed by atoms with Gasteiger partial charge in [0.1, 0.15) is 0 Å². The molecule has 1 aromatic carbocycles. The van der Waals surface area contributed by atoms with E-state index in [1.165, 1.54) is 43.6 Å². The Kier molecular flexibility index (Phi) is 2.36. The summed E-state index contributed by atoms with van der Waals surface area (Å²) >= 11 is 0. The summed E-state index contributed by atoms with van der Waals surface area (Å²) in [5.41, 5.74) is 2.83. The maximum atomic E-state index is 13.2. The molecule has 7 atom stereocenters. The van der Waals surface area contributed by atoms with Crippen molar-refractivity contribution >= 4 is 11.6 Å². The second-order valence-electron chi connectivity index (χ2n) is 9.17. The molecule has 0 N–H and O–H groups in total. The van der Waals surface area contributed by atoms with Gasteiger partial charge in [-0.2, -0.15) is 0 Å². The van der Waals surface area contributed by atoms with Gasteiger partial charge in [-0.05, 0) is 49.3 Å². The fraction of sp³-hybridized carbons (Fsp3) is 0.667. The molecular weight excluding hydrogens is 312 g/mol. The van der Waals surface area contributed by atoms with Gasteiger partial charge in [0.05, 0.1) is 18.6 Å². The van der Waals surface area contributed by atoms with Crippen molar-refractivity contribution < 1.29 is 9.53 Å². The highest BCUT2D eigenvalue weighted by Gasteiger charge is 2.71. The molecule has 5 aliphatic heterocycles. The summed E-state index contributed by atoms with van der Waals surface area (Å²) in [7, 11) is 0. The number of anilines is 1. The normalized spacial score (nSPS) is 49.1. The number of rotatable bonds is 0. The van der Waals surface area contributed by atoms with Crippen LogP contribution in [0.15, 0.2) is 24.3 Å². The van der Waals surface area contributed by atoms with Crippen molar-refractivity contribution in [3.05, 3.63) is 29.8 Å². The molecule has 1 aliphatic carbocycles. The molecule has 25 heavy (non-hydrogen) atoms. The highest BCUT2D eigenvalue weighted by atomic mass is 16.5. The lowest BCUT2D eigenvalue weighted by molar-refractivity contribution is -0.134. The first-order valence-corrected chi connectivity index (χ1v) is 10.1. The van der Waals surface area contributed by atoms with Gasteiger partial charge in [-0.25, -0.2) is 0 Å². The van der Waals surface area contributed by atoms with Gasteiger partial charge >= 0.3 is 0 Å². The molecule has 5 fully saturated rings. The Morgan fingerprint density at radius 2 is 2.16 bits per heavy atom. The van der Waals surface area contributed by atoms with Gasteiger partial charge in [-0.15, -0.1) is 0 Å². The first kappa shape index (κ1) is 13.8. The van der Waals surface area contributed by atoms with Crippen LogP contribution in [0.25, 0.3) is 0 Å². The van der Waals surface area contributed by atoms with Crippen LogP contribution in [0.2, 0.25) is 0 Å². The quantitative estimate of drug-likeness (QED) is 0.728. The van der Waals surface area contributed by atoms with Gasteiger partial charge in [-0.3, -0.25) is 9.69 Å². The third kappa shape index (κ3) is 1.37. The van der Waals surface area contributed by atoms with Crippen LogP contribution < -0.4 is 4.90 Å². The smallest absolute Gasteiger partial charge is 0.229 e. The standard InChI is InChI=1S/C21H24N2O2/c24-18-10-16-19-13-9-17-21(6-7-22(17)11-12(13)5-8-25-16)14-3-1-2-4-15(14)23(18)20(19)21/h1-4,12-13,16-17,19-20H,5-11H2/t12-,13+,16+,17-,19-,20-,21-/m1/s1. The zero-order valence-corrected chi connectivity index (χ0v) is 14.4. The van der Waals surface area contributed by atoms with Crippen molar-refractivity contribution in [2.75, 3.05) is 24.6 Å². The summed E-state index contributed by atoms with van der Waals surface area (Å²) in [6.45, 7) is 3.31. The van der Waals surface area contributed by atoms with Crippen LogP contribution in [0.3, 0.4) is 0 Å². The van der Waals surface area contributed by atoms with E-state index in [-0.39, 0.29) is 11.5 Å². The number of carbonyl (C=O) groups excluding carboxylic acids is 1. The van der Waals surface area contributed by atoms with E-state index in [4.69, 9.17) is 4.74 Å². The van der Waals surface area contributed by atoms with Crippen molar-refractivity contribution in [2.45, 2.75) is 49.3 Å². The van der Waals surface area contributed by atoms with E-state index in [0.29, 0.717) is 30.3 Å². The van der Waals surface area contributed by atoms with Crippen LogP contribution in [-0.4, -0.2) is 48.7 Å². The molecule has 1 aromatic rings. The molecule has 5 heterocycles. The van der Waals surface area contributed by atoms with Gasteiger partial charge < -0.3 is 9.64 Å². The lowest BCUT2D eigenvalue weighted by atomic mass is 9.52. The average Bonchev–Trinajstić information content (AvgIpc) is 3.10. The van der Waals surface area contributed by atoms with Crippen LogP contribution in [0, 0.1) is 17.8 Å². The minimum Gasteiger partial charge on any atom is -0.377 e. The fourth-order valence-electron chi connectivity index (χ4n) is 7.96. The number of para-hydroxylation sites is 1. The Morgan fingerprint density at radius 1 is 1.24 bits per heavy atom. The highest BCUT2D eigenvalue weighted by molar-refractivity contribution is 5.99. The van der Waals surface area contributed by atoms with E-state index >= 15 is 0 Å². The SMILES string of the molecule is O=C1C[C@@H]2OCC[C@@H]3CN4CC[C@]56c7ccccc7N1[C@@H]5[C@@H]2[C@H]3C[C@@H]46. The number of hydrogen-bond acceptors (Lipinski definition) is 3. The van der Waals surface area contributed by atoms with Crippen LogP contribution in [0.1, 0.15) is 31.2 Å². The first-order valence-electron chi connectivity index (χ1n) is 10.1. The van der Waals surface area contributed by atoms with Gasteiger partial charge in [0.2, 0.25) is 5.91 Å². The predicted octanol–water partition coefficient (Wildman–Crippen LogP) is 2.17. The topological polar surface area (TPSA) is 32.8 Å². The molecule has 1 amide bonds. The predicted molar refractivity (Wildman–Crippen MR) is 93.4 cm³/mol. The molecule has 1 spiro atoms. The van der Waals surface area contributed by atoms with Crippen LogP contribution in [0.5, 0.6) is 0 Å². The van der Waals surface area contributed by atoms with Crippen LogP contribution in [0.4, 0.5) is 5.69 Å². The molecule has 6 aliphatic rings. The molecule has 130 valence electrons. The molecule has 1 saturated carbocycles. The molecule has 4 nitrogen and oxygen atoms in total. The number of piperidine rings is 2. The number of benzene rings is 1. The lowest BCUT2D eigenvalue weighted by Gasteiger charge is -2.59. The van der Waals surface area contributed by atoms with Crippen molar-refractivity contribution in [1.82, 2.24) is 4.90 Å². The summed E-state index contributed by atoms with van der Waals surface area (Å²) in [4.78, 5) is 18.2. The van der Waals surface area contributed by atoms with Gasteiger partial charge in [-0.1, -0.05) is 18.2 Å². The van der Waals surface area contributed by atoms with Crippen molar-refractivity contribution in [1.29, 1.82) is 0 Å². The van der Waals surface area contributed by atoms with E-state index in [9.17, 15) is 4.79 Å². The summed E-state index contributed by atoms with van der Waals surface area (Å²) in [6, 6.07) is 9.78. The third-order valence-electron chi connectivity index (χ3n) is 8.64. The van der Waals surface area contributed by atoms with E-state index in [1.54, 1.807) is 0 Å². The molecule has 4 saturated heterocycles. The Labute approximate surface area is 148 Å².